The Hall–Kier alpha value is -3.04. The first kappa shape index (κ1) is 21.2. The topological polar surface area (TPSA) is 109 Å². The van der Waals surface area contributed by atoms with E-state index in [1.807, 2.05) is 20.8 Å². The van der Waals surface area contributed by atoms with Gasteiger partial charge in [-0.05, 0) is 24.5 Å². The van der Waals surface area contributed by atoms with Crippen LogP contribution in [0.3, 0.4) is 0 Å². The van der Waals surface area contributed by atoms with Crippen molar-refractivity contribution in [3.05, 3.63) is 40.8 Å². The number of phenols is 2. The SMILES string of the molecule is CCN1CC(c2cc(C(=O)N3CCOCC3)no2)=C(c2cc(C(C)C)c(O)cc2O)O1. The van der Waals surface area contributed by atoms with Gasteiger partial charge in [0.25, 0.3) is 5.91 Å². The molecule has 0 saturated carbocycles. The van der Waals surface area contributed by atoms with E-state index in [1.165, 1.54) is 6.07 Å². The molecule has 1 saturated heterocycles. The third-order valence-corrected chi connectivity index (χ3v) is 5.52. The van der Waals surface area contributed by atoms with Crippen molar-refractivity contribution in [3.63, 3.8) is 0 Å². The van der Waals surface area contributed by atoms with Gasteiger partial charge in [0.2, 0.25) is 0 Å². The minimum absolute atomic E-state index is 0.0294. The molecule has 1 fully saturated rings. The number of morpholine rings is 1. The predicted octanol–water partition coefficient (Wildman–Crippen LogP) is 2.82. The maximum absolute atomic E-state index is 12.7. The third kappa shape index (κ3) is 4.11. The Kier molecular flexibility index (Phi) is 5.88. The number of hydroxylamine groups is 2. The molecule has 1 amide bonds. The van der Waals surface area contributed by atoms with Gasteiger partial charge in [0.05, 0.1) is 30.9 Å². The summed E-state index contributed by atoms with van der Waals surface area (Å²) < 4.78 is 10.8. The van der Waals surface area contributed by atoms with Crippen LogP contribution in [0.2, 0.25) is 0 Å². The molecule has 2 aliphatic heterocycles. The quantitative estimate of drug-likeness (QED) is 0.747. The summed E-state index contributed by atoms with van der Waals surface area (Å²) in [5.41, 5.74) is 2.03. The number of aromatic hydroxyl groups is 2. The lowest BCUT2D eigenvalue weighted by Crippen LogP contribution is -2.40. The normalized spacial score (nSPS) is 17.5. The Morgan fingerprint density at radius 2 is 1.90 bits per heavy atom. The lowest BCUT2D eigenvalue weighted by molar-refractivity contribution is -0.0557. The van der Waals surface area contributed by atoms with E-state index in [4.69, 9.17) is 14.1 Å². The van der Waals surface area contributed by atoms with Gasteiger partial charge >= 0.3 is 0 Å². The van der Waals surface area contributed by atoms with Crippen molar-refractivity contribution in [3.8, 4) is 11.5 Å². The summed E-state index contributed by atoms with van der Waals surface area (Å²) in [7, 11) is 0. The van der Waals surface area contributed by atoms with Crippen LogP contribution in [0.5, 0.6) is 11.5 Å². The van der Waals surface area contributed by atoms with Crippen LogP contribution in [-0.4, -0.2) is 70.6 Å². The van der Waals surface area contributed by atoms with Gasteiger partial charge in [-0.15, -0.1) is 5.06 Å². The molecule has 3 heterocycles. The van der Waals surface area contributed by atoms with E-state index in [2.05, 4.69) is 5.16 Å². The first-order valence-electron chi connectivity index (χ1n) is 10.5. The molecular weight excluding hydrogens is 402 g/mol. The lowest BCUT2D eigenvalue weighted by Gasteiger charge is -2.25. The highest BCUT2D eigenvalue weighted by atomic mass is 16.7. The third-order valence-electron chi connectivity index (χ3n) is 5.52. The molecule has 0 radical (unpaired) electrons. The zero-order valence-electron chi connectivity index (χ0n) is 17.9. The number of carbonyl (C=O) groups excluding carboxylic acids is 1. The molecule has 1 aromatic heterocycles. The molecule has 2 aliphatic rings. The number of phenolic OH excluding ortho intramolecular Hbond substituents is 2. The summed E-state index contributed by atoms with van der Waals surface area (Å²) in [6, 6.07) is 4.65. The molecule has 4 rings (SSSR count). The number of likely N-dealkylation sites (N-methyl/N-ethyl adjacent to an activating group) is 1. The number of benzene rings is 1. The largest absolute Gasteiger partial charge is 0.508 e. The summed E-state index contributed by atoms with van der Waals surface area (Å²) in [5, 5.41) is 26.4. The second-order valence-corrected chi connectivity index (χ2v) is 7.92. The van der Waals surface area contributed by atoms with Crippen LogP contribution >= 0.6 is 0 Å². The van der Waals surface area contributed by atoms with Crippen LogP contribution in [0.15, 0.2) is 22.7 Å². The number of hydrogen-bond donors (Lipinski definition) is 2. The van der Waals surface area contributed by atoms with Crippen molar-refractivity contribution in [1.82, 2.24) is 15.1 Å². The van der Waals surface area contributed by atoms with Gasteiger partial charge in [-0.1, -0.05) is 19.0 Å². The molecule has 166 valence electrons. The van der Waals surface area contributed by atoms with Crippen molar-refractivity contribution < 1.29 is 29.1 Å². The maximum atomic E-state index is 12.7. The molecule has 0 atom stereocenters. The smallest absolute Gasteiger partial charge is 0.276 e. The van der Waals surface area contributed by atoms with Crippen molar-refractivity contribution >= 4 is 17.2 Å². The summed E-state index contributed by atoms with van der Waals surface area (Å²) in [6.45, 7) is 8.91. The van der Waals surface area contributed by atoms with Crippen molar-refractivity contribution in [2.24, 2.45) is 0 Å². The van der Waals surface area contributed by atoms with Gasteiger partial charge in [-0.3, -0.25) is 4.79 Å². The average Bonchev–Trinajstić information content (AvgIpc) is 3.41. The Morgan fingerprint density at radius 3 is 2.58 bits per heavy atom. The molecule has 2 aromatic rings. The molecule has 0 unspecified atom stereocenters. The number of carbonyl (C=O) groups is 1. The van der Waals surface area contributed by atoms with Gasteiger partial charge in [-0.25, -0.2) is 0 Å². The second-order valence-electron chi connectivity index (χ2n) is 7.92. The minimum atomic E-state index is -0.207. The number of amides is 1. The van der Waals surface area contributed by atoms with E-state index in [0.29, 0.717) is 67.6 Å². The van der Waals surface area contributed by atoms with Gasteiger partial charge in [-0.2, -0.15) is 0 Å². The molecule has 0 bridgehead atoms. The summed E-state index contributed by atoms with van der Waals surface area (Å²) in [5.74, 6) is 0.596. The fourth-order valence-corrected chi connectivity index (χ4v) is 3.73. The Morgan fingerprint density at radius 1 is 1.16 bits per heavy atom. The van der Waals surface area contributed by atoms with Crippen molar-refractivity contribution in [2.75, 3.05) is 39.4 Å². The van der Waals surface area contributed by atoms with Crippen LogP contribution in [0.1, 0.15) is 54.1 Å². The first-order valence-corrected chi connectivity index (χ1v) is 10.5. The molecule has 9 heteroatoms. The number of nitrogens with zero attached hydrogens (tertiary/aromatic N) is 3. The Balaban J connectivity index is 1.72. The van der Waals surface area contributed by atoms with Crippen LogP contribution in [-0.2, 0) is 9.57 Å². The Bertz CT molecular complexity index is 1010. The van der Waals surface area contributed by atoms with Crippen molar-refractivity contribution in [2.45, 2.75) is 26.7 Å². The zero-order chi connectivity index (χ0) is 22.1. The van der Waals surface area contributed by atoms with Crippen LogP contribution in [0, 0.1) is 0 Å². The monoisotopic (exact) mass is 429 g/mol. The van der Waals surface area contributed by atoms with Crippen LogP contribution in [0.25, 0.3) is 11.3 Å². The van der Waals surface area contributed by atoms with E-state index in [0.717, 1.165) is 0 Å². The number of rotatable bonds is 5. The highest BCUT2D eigenvalue weighted by Gasteiger charge is 2.32. The van der Waals surface area contributed by atoms with Gasteiger partial charge in [0, 0.05) is 31.8 Å². The predicted molar refractivity (Wildman–Crippen MR) is 112 cm³/mol. The molecular formula is C22H27N3O6. The second kappa shape index (κ2) is 8.60. The minimum Gasteiger partial charge on any atom is -0.508 e. The summed E-state index contributed by atoms with van der Waals surface area (Å²) >= 11 is 0. The highest BCUT2D eigenvalue weighted by Crippen LogP contribution is 2.42. The maximum Gasteiger partial charge on any atom is 0.276 e. The lowest BCUT2D eigenvalue weighted by atomic mass is 9.96. The van der Waals surface area contributed by atoms with Gasteiger partial charge in [0.1, 0.15) is 11.5 Å². The molecule has 9 nitrogen and oxygen atoms in total. The van der Waals surface area contributed by atoms with Crippen LogP contribution in [0.4, 0.5) is 0 Å². The van der Waals surface area contributed by atoms with E-state index in [-0.39, 0.29) is 29.0 Å². The zero-order valence-corrected chi connectivity index (χ0v) is 17.9. The molecule has 1 aromatic carbocycles. The van der Waals surface area contributed by atoms with Crippen LogP contribution < -0.4 is 0 Å². The fourth-order valence-electron chi connectivity index (χ4n) is 3.73. The standard InChI is InChI=1S/C22H27N3O6/c1-4-25-12-16(20-10-17(23-30-20)22(28)24-5-7-29-8-6-24)21(31-25)15-9-14(13(2)3)18(26)11-19(15)27/h9-11,13,26-27H,4-8,12H2,1-3H3. The van der Waals surface area contributed by atoms with E-state index in [1.54, 1.807) is 22.1 Å². The van der Waals surface area contributed by atoms with E-state index < -0.39 is 0 Å². The molecule has 0 spiro atoms. The van der Waals surface area contributed by atoms with Crippen molar-refractivity contribution in [1.29, 1.82) is 0 Å². The average molecular weight is 429 g/mol. The molecule has 31 heavy (non-hydrogen) atoms. The van der Waals surface area contributed by atoms with E-state index in [9.17, 15) is 15.0 Å². The highest BCUT2D eigenvalue weighted by molar-refractivity contribution is 5.95. The van der Waals surface area contributed by atoms with E-state index >= 15 is 0 Å². The van der Waals surface area contributed by atoms with Gasteiger partial charge in [0.15, 0.2) is 17.2 Å². The first-order chi connectivity index (χ1) is 14.9. The van der Waals surface area contributed by atoms with Gasteiger partial charge < -0.3 is 29.2 Å². The summed E-state index contributed by atoms with van der Waals surface area (Å²) in [4.78, 5) is 20.4. The fraction of sp³-hybridized carbons (Fsp3) is 0.455. The molecule has 2 N–H and O–H groups in total. The number of hydrogen-bond acceptors (Lipinski definition) is 8. The number of ether oxygens (including phenoxy) is 1. The molecule has 0 aliphatic carbocycles. The Labute approximate surface area is 180 Å². The summed E-state index contributed by atoms with van der Waals surface area (Å²) in [6.07, 6.45) is 0. The number of aromatic nitrogens is 1.